The number of pyridine rings is 1. The molecule has 1 spiro atoms. The van der Waals surface area contributed by atoms with Gasteiger partial charge in [-0.2, -0.15) is 5.10 Å². The third-order valence-corrected chi connectivity index (χ3v) is 6.90. The number of hydrogen-bond donors (Lipinski definition) is 2. The van der Waals surface area contributed by atoms with Gasteiger partial charge in [0.2, 0.25) is 0 Å². The first-order valence-corrected chi connectivity index (χ1v) is 11.3. The van der Waals surface area contributed by atoms with Gasteiger partial charge >= 0.3 is 0 Å². The number of anilines is 1. The van der Waals surface area contributed by atoms with Gasteiger partial charge in [0.1, 0.15) is 5.82 Å². The second kappa shape index (κ2) is 7.08. The lowest BCUT2D eigenvalue weighted by molar-refractivity contribution is 0.362. The number of benzene rings is 2. The maximum Gasteiger partial charge on any atom is 0.166 e. The van der Waals surface area contributed by atoms with Crippen molar-refractivity contribution in [2.45, 2.75) is 44.8 Å². The van der Waals surface area contributed by atoms with Gasteiger partial charge in [0.15, 0.2) is 5.65 Å². The number of halogens is 1. The first kappa shape index (κ1) is 18.8. The Balaban J connectivity index is 1.64. The molecule has 5 nitrogen and oxygen atoms in total. The molecule has 2 aromatic heterocycles. The zero-order chi connectivity index (χ0) is 21.0. The van der Waals surface area contributed by atoms with Crippen LogP contribution in [0.15, 0.2) is 54.6 Å². The summed E-state index contributed by atoms with van der Waals surface area (Å²) in [5, 5.41) is 14.3. The molecule has 31 heavy (non-hydrogen) atoms. The summed E-state index contributed by atoms with van der Waals surface area (Å²) in [6, 6.07) is 18.3. The van der Waals surface area contributed by atoms with Crippen LogP contribution in [0.25, 0.3) is 27.8 Å². The van der Waals surface area contributed by atoms with Crippen molar-refractivity contribution in [3.63, 3.8) is 0 Å². The van der Waals surface area contributed by atoms with Crippen LogP contribution in [0.2, 0.25) is 5.02 Å². The largest absolute Gasteiger partial charge is 0.352 e. The van der Waals surface area contributed by atoms with E-state index in [1.807, 2.05) is 35.0 Å². The number of aryl methyl sites for hydroxylation is 1. The van der Waals surface area contributed by atoms with Gasteiger partial charge in [0, 0.05) is 22.7 Å². The molecule has 1 aliphatic heterocycles. The highest BCUT2D eigenvalue weighted by Crippen LogP contribution is 2.42. The van der Waals surface area contributed by atoms with Crippen LogP contribution in [0.1, 0.15) is 36.9 Å². The third-order valence-electron chi connectivity index (χ3n) is 6.64. The zero-order valence-corrected chi connectivity index (χ0v) is 18.2. The molecule has 2 aromatic carbocycles. The lowest BCUT2D eigenvalue weighted by Crippen LogP contribution is -2.52. The van der Waals surface area contributed by atoms with E-state index in [9.17, 15) is 0 Å². The van der Waals surface area contributed by atoms with E-state index in [4.69, 9.17) is 21.7 Å². The molecule has 156 valence electrons. The van der Waals surface area contributed by atoms with Crippen LogP contribution in [0.3, 0.4) is 0 Å². The van der Waals surface area contributed by atoms with Gasteiger partial charge < -0.3 is 5.32 Å². The summed E-state index contributed by atoms with van der Waals surface area (Å²) in [5.74, 6) is 0.968. The highest BCUT2D eigenvalue weighted by Gasteiger charge is 2.38. The maximum atomic E-state index is 6.20. The average molecular weight is 430 g/mol. The SMILES string of the molecule is Cc1nn(-c2ccccc2)c2nc3c(c(-c4ccc(Cl)cc4)c12)CNC1(CCCC1)N3. The molecule has 4 aromatic rings. The smallest absolute Gasteiger partial charge is 0.166 e. The summed E-state index contributed by atoms with van der Waals surface area (Å²) in [4.78, 5) is 5.16. The fourth-order valence-electron chi connectivity index (χ4n) is 5.12. The highest BCUT2D eigenvalue weighted by molar-refractivity contribution is 6.30. The molecule has 1 aliphatic carbocycles. The van der Waals surface area contributed by atoms with E-state index in [2.05, 4.69) is 41.8 Å². The Kier molecular flexibility index (Phi) is 4.30. The number of fused-ring (bicyclic) bond motifs is 2. The van der Waals surface area contributed by atoms with E-state index in [1.54, 1.807) is 0 Å². The van der Waals surface area contributed by atoms with Gasteiger partial charge in [0.05, 0.1) is 22.4 Å². The summed E-state index contributed by atoms with van der Waals surface area (Å²) in [5.41, 5.74) is 6.34. The van der Waals surface area contributed by atoms with Gasteiger partial charge in [0.25, 0.3) is 0 Å². The van der Waals surface area contributed by atoms with E-state index in [0.29, 0.717) is 0 Å². The molecule has 0 radical (unpaired) electrons. The summed E-state index contributed by atoms with van der Waals surface area (Å²) in [7, 11) is 0. The van der Waals surface area contributed by atoms with Crippen LogP contribution in [0.5, 0.6) is 0 Å². The molecule has 2 aliphatic rings. The summed E-state index contributed by atoms with van der Waals surface area (Å²) < 4.78 is 1.97. The predicted octanol–water partition coefficient (Wildman–Crippen LogP) is 5.83. The Morgan fingerprint density at radius 3 is 2.48 bits per heavy atom. The van der Waals surface area contributed by atoms with E-state index < -0.39 is 0 Å². The number of aromatic nitrogens is 3. The molecule has 0 atom stereocenters. The van der Waals surface area contributed by atoms with Crippen molar-refractivity contribution in [2.24, 2.45) is 0 Å². The van der Waals surface area contributed by atoms with Crippen LogP contribution >= 0.6 is 11.6 Å². The molecule has 3 heterocycles. The monoisotopic (exact) mass is 429 g/mol. The van der Waals surface area contributed by atoms with Crippen LogP contribution in [-0.4, -0.2) is 20.4 Å². The van der Waals surface area contributed by atoms with E-state index in [-0.39, 0.29) is 5.66 Å². The summed E-state index contributed by atoms with van der Waals surface area (Å²) in [6.07, 6.45) is 4.73. The Morgan fingerprint density at radius 1 is 1.00 bits per heavy atom. The Hall–Kier alpha value is -2.89. The number of para-hydroxylation sites is 1. The first-order valence-electron chi connectivity index (χ1n) is 10.9. The third kappa shape index (κ3) is 3.03. The van der Waals surface area contributed by atoms with Crippen molar-refractivity contribution in [1.82, 2.24) is 20.1 Å². The maximum absolute atomic E-state index is 6.20. The molecule has 0 unspecified atom stereocenters. The molecule has 0 saturated heterocycles. The van der Waals surface area contributed by atoms with Crippen LogP contribution < -0.4 is 10.6 Å². The lowest BCUT2D eigenvalue weighted by Gasteiger charge is -2.38. The van der Waals surface area contributed by atoms with Crippen LogP contribution in [-0.2, 0) is 6.54 Å². The second-order valence-electron chi connectivity index (χ2n) is 8.62. The van der Waals surface area contributed by atoms with Gasteiger partial charge in [-0.25, -0.2) is 9.67 Å². The average Bonchev–Trinajstić information content (AvgIpc) is 3.38. The summed E-state index contributed by atoms with van der Waals surface area (Å²) >= 11 is 6.20. The standard InChI is InChI=1S/C25H24ClN5/c1-16-21-22(17-9-11-18(26)12-10-17)20-15-27-25(13-5-6-14-25)29-23(20)28-24(21)31(30-16)19-7-3-2-4-8-19/h2-4,7-12,27H,5-6,13-15H2,1H3,(H,28,29). The van der Waals surface area contributed by atoms with Crippen LogP contribution in [0.4, 0.5) is 5.82 Å². The van der Waals surface area contributed by atoms with Crippen molar-refractivity contribution < 1.29 is 0 Å². The normalized spacial score (nSPS) is 17.1. The fraction of sp³-hybridized carbons (Fsp3) is 0.280. The van der Waals surface area contributed by atoms with Gasteiger partial charge in [-0.3, -0.25) is 5.32 Å². The molecule has 6 heteroatoms. The number of rotatable bonds is 2. The minimum Gasteiger partial charge on any atom is -0.352 e. The molecule has 0 amide bonds. The quantitative estimate of drug-likeness (QED) is 0.420. The number of hydrogen-bond acceptors (Lipinski definition) is 4. The minimum atomic E-state index is -0.0441. The Morgan fingerprint density at radius 2 is 1.74 bits per heavy atom. The fourth-order valence-corrected chi connectivity index (χ4v) is 5.25. The molecular formula is C25H24ClN5. The van der Waals surface area contributed by atoms with Crippen molar-refractivity contribution >= 4 is 28.5 Å². The van der Waals surface area contributed by atoms with E-state index >= 15 is 0 Å². The van der Waals surface area contributed by atoms with Crippen molar-refractivity contribution in [1.29, 1.82) is 0 Å². The highest BCUT2D eigenvalue weighted by atomic mass is 35.5. The second-order valence-corrected chi connectivity index (χ2v) is 9.06. The van der Waals surface area contributed by atoms with Gasteiger partial charge in [-0.1, -0.05) is 41.9 Å². The first-order chi connectivity index (χ1) is 15.1. The van der Waals surface area contributed by atoms with Gasteiger partial charge in [-0.15, -0.1) is 0 Å². The summed E-state index contributed by atoms with van der Waals surface area (Å²) in [6.45, 7) is 2.86. The topological polar surface area (TPSA) is 54.8 Å². The van der Waals surface area contributed by atoms with Crippen LogP contribution in [0, 0.1) is 6.92 Å². The molecular weight excluding hydrogens is 406 g/mol. The lowest BCUT2D eigenvalue weighted by atomic mass is 9.93. The number of nitrogens with one attached hydrogen (secondary N) is 2. The Bertz CT molecular complexity index is 1270. The van der Waals surface area contributed by atoms with E-state index in [1.165, 1.54) is 24.0 Å². The molecule has 6 rings (SSSR count). The van der Waals surface area contributed by atoms with Gasteiger partial charge in [-0.05, 0) is 62.4 Å². The zero-order valence-electron chi connectivity index (χ0n) is 17.5. The Labute approximate surface area is 186 Å². The molecule has 0 bridgehead atoms. The van der Waals surface area contributed by atoms with Crippen molar-refractivity contribution in [2.75, 3.05) is 5.32 Å². The minimum absolute atomic E-state index is 0.0441. The van der Waals surface area contributed by atoms with Crippen molar-refractivity contribution in [3.05, 3.63) is 70.9 Å². The molecule has 1 saturated carbocycles. The van der Waals surface area contributed by atoms with Crippen molar-refractivity contribution in [3.8, 4) is 16.8 Å². The molecule has 1 fully saturated rings. The predicted molar refractivity (Wildman–Crippen MR) is 126 cm³/mol. The number of nitrogens with zero attached hydrogens (tertiary/aromatic N) is 3. The molecule has 2 N–H and O–H groups in total. The van der Waals surface area contributed by atoms with E-state index in [0.717, 1.165) is 58.2 Å².